The van der Waals surface area contributed by atoms with Crippen LogP contribution in [0.3, 0.4) is 0 Å². The molecular weight excluding hydrogens is 248 g/mol. The van der Waals surface area contributed by atoms with Crippen molar-refractivity contribution in [2.24, 2.45) is 5.92 Å². The largest absolute Gasteiger partial charge is 0.373 e. The molecule has 20 heavy (non-hydrogen) atoms. The summed E-state index contributed by atoms with van der Waals surface area (Å²) in [6.45, 7) is 8.63. The van der Waals surface area contributed by atoms with Crippen molar-refractivity contribution in [2.75, 3.05) is 18.9 Å². The van der Waals surface area contributed by atoms with E-state index in [-0.39, 0.29) is 0 Å². The summed E-state index contributed by atoms with van der Waals surface area (Å²) in [5, 5.41) is 3.12. The minimum absolute atomic E-state index is 0.684. The van der Waals surface area contributed by atoms with Gasteiger partial charge in [-0.1, -0.05) is 26.7 Å². The molecule has 4 heteroatoms. The Kier molecular flexibility index (Phi) is 5.35. The molecule has 0 atom stereocenters. The van der Waals surface area contributed by atoms with Crippen molar-refractivity contribution < 1.29 is 0 Å². The first-order valence-corrected chi connectivity index (χ1v) is 7.85. The Balaban J connectivity index is 2.11. The number of rotatable bonds is 6. The van der Waals surface area contributed by atoms with Crippen LogP contribution in [0.4, 0.5) is 5.82 Å². The van der Waals surface area contributed by atoms with Crippen LogP contribution in [0.1, 0.15) is 51.0 Å². The molecule has 0 unspecified atom stereocenters. The van der Waals surface area contributed by atoms with E-state index in [2.05, 4.69) is 34.0 Å². The van der Waals surface area contributed by atoms with Gasteiger partial charge in [0.05, 0.1) is 6.54 Å². The number of hydrogen-bond donors (Lipinski definition) is 1. The van der Waals surface area contributed by atoms with Crippen LogP contribution in [-0.2, 0) is 6.54 Å². The van der Waals surface area contributed by atoms with Gasteiger partial charge in [0.15, 0.2) is 0 Å². The molecule has 1 aliphatic carbocycles. The Morgan fingerprint density at radius 2 is 2.00 bits per heavy atom. The molecular formula is C16H28N4. The molecule has 0 saturated heterocycles. The summed E-state index contributed by atoms with van der Waals surface area (Å²) in [5.74, 6) is 2.55. The van der Waals surface area contributed by atoms with Gasteiger partial charge in [0.2, 0.25) is 0 Å². The molecule has 0 amide bonds. The molecule has 1 aromatic rings. The van der Waals surface area contributed by atoms with E-state index < -0.39 is 0 Å². The zero-order valence-corrected chi connectivity index (χ0v) is 13.3. The first kappa shape index (κ1) is 15.2. The third kappa shape index (κ3) is 4.17. The first-order chi connectivity index (χ1) is 9.58. The molecule has 0 radical (unpaired) electrons. The van der Waals surface area contributed by atoms with Crippen molar-refractivity contribution in [1.29, 1.82) is 0 Å². The van der Waals surface area contributed by atoms with Crippen LogP contribution in [0.5, 0.6) is 0 Å². The highest BCUT2D eigenvalue weighted by molar-refractivity contribution is 5.34. The second-order valence-corrected chi connectivity index (χ2v) is 6.32. The van der Waals surface area contributed by atoms with Crippen LogP contribution in [-0.4, -0.2) is 34.5 Å². The van der Waals surface area contributed by atoms with Gasteiger partial charge in [0.1, 0.15) is 11.6 Å². The molecule has 0 bridgehead atoms. The summed E-state index contributed by atoms with van der Waals surface area (Å²) < 4.78 is 0. The second-order valence-electron chi connectivity index (χ2n) is 6.32. The van der Waals surface area contributed by atoms with Gasteiger partial charge in [0, 0.05) is 31.4 Å². The smallest absolute Gasteiger partial charge is 0.144 e. The van der Waals surface area contributed by atoms with E-state index in [1.54, 1.807) is 0 Å². The summed E-state index contributed by atoms with van der Waals surface area (Å²) >= 11 is 0. The lowest BCUT2D eigenvalue weighted by atomic mass is 10.1. The van der Waals surface area contributed by atoms with Crippen LogP contribution in [0, 0.1) is 12.8 Å². The topological polar surface area (TPSA) is 41.1 Å². The van der Waals surface area contributed by atoms with Gasteiger partial charge < -0.3 is 5.32 Å². The molecule has 4 nitrogen and oxygen atoms in total. The van der Waals surface area contributed by atoms with Crippen LogP contribution in [0.25, 0.3) is 0 Å². The highest BCUT2D eigenvalue weighted by atomic mass is 15.2. The second kappa shape index (κ2) is 7.02. The Labute approximate surface area is 123 Å². The molecule has 0 aromatic carbocycles. The highest BCUT2D eigenvalue weighted by Gasteiger charge is 2.24. The van der Waals surface area contributed by atoms with E-state index in [4.69, 9.17) is 0 Å². The number of nitrogens with zero attached hydrogens (tertiary/aromatic N) is 3. The van der Waals surface area contributed by atoms with Gasteiger partial charge in [-0.2, -0.15) is 0 Å². The van der Waals surface area contributed by atoms with Crippen molar-refractivity contribution in [3.8, 4) is 0 Å². The highest BCUT2D eigenvalue weighted by Crippen LogP contribution is 2.25. The van der Waals surface area contributed by atoms with Gasteiger partial charge in [-0.05, 0) is 25.7 Å². The van der Waals surface area contributed by atoms with E-state index >= 15 is 0 Å². The molecule has 1 aromatic heterocycles. The van der Waals surface area contributed by atoms with Crippen LogP contribution < -0.4 is 5.32 Å². The molecule has 1 heterocycles. The van der Waals surface area contributed by atoms with Crippen LogP contribution >= 0.6 is 0 Å². The lowest BCUT2D eigenvalue weighted by Gasteiger charge is -2.29. The van der Waals surface area contributed by atoms with Gasteiger partial charge in [-0.3, -0.25) is 4.90 Å². The maximum atomic E-state index is 4.61. The van der Waals surface area contributed by atoms with Crippen molar-refractivity contribution >= 4 is 5.82 Å². The monoisotopic (exact) mass is 276 g/mol. The van der Waals surface area contributed by atoms with E-state index in [9.17, 15) is 0 Å². The Hall–Kier alpha value is -1.16. The minimum Gasteiger partial charge on any atom is -0.373 e. The minimum atomic E-state index is 0.684. The fourth-order valence-electron chi connectivity index (χ4n) is 3.09. The molecule has 1 fully saturated rings. The summed E-state index contributed by atoms with van der Waals surface area (Å²) in [7, 11) is 1.91. The standard InChI is InChI=1S/C16H28N4/c1-12(2)10-20(14-7-5-6-8-14)11-16-18-13(3)9-15(17-4)19-16/h9,12,14H,5-8,10-11H2,1-4H3,(H,17,18,19). The van der Waals surface area contributed by atoms with Crippen LogP contribution in [0.2, 0.25) is 0 Å². The van der Waals surface area contributed by atoms with Gasteiger partial charge >= 0.3 is 0 Å². The van der Waals surface area contributed by atoms with Crippen LogP contribution in [0.15, 0.2) is 6.07 Å². The van der Waals surface area contributed by atoms with Gasteiger partial charge in [0.25, 0.3) is 0 Å². The number of hydrogen-bond acceptors (Lipinski definition) is 4. The maximum absolute atomic E-state index is 4.61. The summed E-state index contributed by atoms with van der Waals surface area (Å²) in [5.41, 5.74) is 1.04. The van der Waals surface area contributed by atoms with E-state index in [1.165, 1.54) is 25.7 Å². The Bertz CT molecular complexity index is 424. The molecule has 1 saturated carbocycles. The van der Waals surface area contributed by atoms with Crippen molar-refractivity contribution in [1.82, 2.24) is 14.9 Å². The fraction of sp³-hybridized carbons (Fsp3) is 0.750. The molecule has 2 rings (SSSR count). The number of aromatic nitrogens is 2. The molecule has 0 spiro atoms. The van der Waals surface area contributed by atoms with Gasteiger partial charge in [-0.15, -0.1) is 0 Å². The number of anilines is 1. The predicted octanol–water partition coefficient (Wildman–Crippen LogP) is 3.23. The first-order valence-electron chi connectivity index (χ1n) is 7.85. The van der Waals surface area contributed by atoms with Gasteiger partial charge in [-0.25, -0.2) is 9.97 Å². The third-order valence-corrected chi connectivity index (χ3v) is 3.94. The molecule has 0 aliphatic heterocycles. The predicted molar refractivity (Wildman–Crippen MR) is 83.8 cm³/mol. The molecule has 1 N–H and O–H groups in total. The lowest BCUT2D eigenvalue weighted by molar-refractivity contribution is 0.164. The zero-order chi connectivity index (χ0) is 14.5. The maximum Gasteiger partial charge on any atom is 0.144 e. The van der Waals surface area contributed by atoms with Crippen molar-refractivity contribution in [2.45, 2.75) is 59.0 Å². The van der Waals surface area contributed by atoms with E-state index in [1.807, 2.05) is 20.0 Å². The quantitative estimate of drug-likeness (QED) is 0.866. The number of aryl methyl sites for hydroxylation is 1. The SMILES string of the molecule is CNc1cc(C)nc(CN(CC(C)C)C2CCCC2)n1. The summed E-state index contributed by atoms with van der Waals surface area (Å²) in [4.78, 5) is 11.8. The number of nitrogens with one attached hydrogen (secondary N) is 1. The summed E-state index contributed by atoms with van der Waals surface area (Å²) in [6, 6.07) is 2.71. The van der Waals surface area contributed by atoms with Crippen molar-refractivity contribution in [3.63, 3.8) is 0 Å². The Morgan fingerprint density at radius 3 is 2.60 bits per heavy atom. The zero-order valence-electron chi connectivity index (χ0n) is 13.3. The normalized spacial score (nSPS) is 16.3. The van der Waals surface area contributed by atoms with E-state index in [0.29, 0.717) is 5.92 Å². The average molecular weight is 276 g/mol. The third-order valence-electron chi connectivity index (χ3n) is 3.94. The molecule has 112 valence electrons. The van der Waals surface area contributed by atoms with E-state index in [0.717, 1.165) is 36.5 Å². The average Bonchev–Trinajstić information content (AvgIpc) is 2.90. The fourth-order valence-corrected chi connectivity index (χ4v) is 3.09. The summed E-state index contributed by atoms with van der Waals surface area (Å²) in [6.07, 6.45) is 5.40. The Morgan fingerprint density at radius 1 is 1.30 bits per heavy atom. The lowest BCUT2D eigenvalue weighted by Crippen LogP contribution is -2.36. The van der Waals surface area contributed by atoms with Crippen molar-refractivity contribution in [3.05, 3.63) is 17.6 Å². The molecule has 1 aliphatic rings.